The fourth-order valence-electron chi connectivity index (χ4n) is 1.66. The Morgan fingerprint density at radius 2 is 1.80 bits per heavy atom. The van der Waals surface area contributed by atoms with Crippen molar-refractivity contribution in [1.29, 1.82) is 10.5 Å². The standard InChI is InChI=1S/C15H9N3OS/c16-8-11-4-5-13(6-12(11)9-17)18-15(19)10-2-1-3-14(20)7-10/h1-7,20H,(H,18,19). The average molecular weight is 279 g/mol. The molecule has 0 aromatic heterocycles. The Balaban J connectivity index is 2.25. The number of carbonyl (C=O) groups is 1. The zero-order valence-electron chi connectivity index (χ0n) is 10.3. The Hall–Kier alpha value is -2.76. The van der Waals surface area contributed by atoms with E-state index in [0.717, 1.165) is 0 Å². The number of amides is 1. The highest BCUT2D eigenvalue weighted by Crippen LogP contribution is 2.16. The number of nitrogens with zero attached hydrogens (tertiary/aromatic N) is 2. The quantitative estimate of drug-likeness (QED) is 0.830. The van der Waals surface area contributed by atoms with Gasteiger partial charge in [0, 0.05) is 16.1 Å². The summed E-state index contributed by atoms with van der Waals surface area (Å²) in [5, 5.41) is 20.4. The van der Waals surface area contributed by atoms with Crippen molar-refractivity contribution < 1.29 is 4.79 Å². The molecule has 2 aromatic rings. The predicted molar refractivity (Wildman–Crippen MR) is 77.5 cm³/mol. The summed E-state index contributed by atoms with van der Waals surface area (Å²) in [5.41, 5.74) is 1.45. The van der Waals surface area contributed by atoms with Crippen molar-refractivity contribution in [3.63, 3.8) is 0 Å². The van der Waals surface area contributed by atoms with Gasteiger partial charge in [0.2, 0.25) is 0 Å². The van der Waals surface area contributed by atoms with Gasteiger partial charge >= 0.3 is 0 Å². The van der Waals surface area contributed by atoms with Gasteiger partial charge in [0.05, 0.1) is 11.1 Å². The lowest BCUT2D eigenvalue weighted by Gasteiger charge is -2.06. The van der Waals surface area contributed by atoms with Gasteiger partial charge in [-0.15, -0.1) is 12.6 Å². The van der Waals surface area contributed by atoms with Crippen molar-refractivity contribution in [2.24, 2.45) is 0 Å². The van der Waals surface area contributed by atoms with E-state index in [2.05, 4.69) is 17.9 Å². The van der Waals surface area contributed by atoms with E-state index in [-0.39, 0.29) is 17.0 Å². The molecule has 0 bridgehead atoms. The minimum absolute atomic E-state index is 0.230. The maximum absolute atomic E-state index is 12.0. The summed E-state index contributed by atoms with van der Waals surface area (Å²) in [5.74, 6) is -0.297. The van der Waals surface area contributed by atoms with Gasteiger partial charge in [0.1, 0.15) is 12.1 Å². The normalized spacial score (nSPS) is 9.35. The third kappa shape index (κ3) is 2.97. The molecule has 0 atom stereocenters. The van der Waals surface area contributed by atoms with Crippen LogP contribution in [0.2, 0.25) is 0 Å². The molecule has 2 rings (SSSR count). The highest BCUT2D eigenvalue weighted by Gasteiger charge is 2.08. The molecule has 20 heavy (non-hydrogen) atoms. The SMILES string of the molecule is N#Cc1ccc(NC(=O)c2cccc(S)c2)cc1C#N. The maximum atomic E-state index is 12.0. The zero-order valence-corrected chi connectivity index (χ0v) is 11.2. The fraction of sp³-hybridized carbons (Fsp3) is 0. The Morgan fingerprint density at radius 3 is 2.45 bits per heavy atom. The van der Waals surface area contributed by atoms with Gasteiger partial charge < -0.3 is 5.32 Å². The monoisotopic (exact) mass is 279 g/mol. The van der Waals surface area contributed by atoms with Crippen LogP contribution in [-0.4, -0.2) is 5.91 Å². The summed E-state index contributed by atoms with van der Waals surface area (Å²) < 4.78 is 0. The molecule has 0 aliphatic rings. The van der Waals surface area contributed by atoms with E-state index in [9.17, 15) is 4.79 Å². The van der Waals surface area contributed by atoms with Crippen molar-refractivity contribution in [3.8, 4) is 12.1 Å². The second-order valence-electron chi connectivity index (χ2n) is 3.99. The first-order valence-electron chi connectivity index (χ1n) is 5.68. The molecule has 5 heteroatoms. The van der Waals surface area contributed by atoms with E-state index in [4.69, 9.17) is 10.5 Å². The van der Waals surface area contributed by atoms with Crippen LogP contribution in [0.1, 0.15) is 21.5 Å². The molecule has 0 saturated carbocycles. The van der Waals surface area contributed by atoms with E-state index >= 15 is 0 Å². The fourth-order valence-corrected chi connectivity index (χ4v) is 1.89. The van der Waals surface area contributed by atoms with E-state index in [1.165, 1.54) is 12.1 Å². The molecule has 0 heterocycles. The van der Waals surface area contributed by atoms with Gasteiger partial charge in [-0.3, -0.25) is 4.79 Å². The van der Waals surface area contributed by atoms with Crippen LogP contribution in [0.3, 0.4) is 0 Å². The summed E-state index contributed by atoms with van der Waals surface area (Å²) in [6.45, 7) is 0. The van der Waals surface area contributed by atoms with E-state index in [1.54, 1.807) is 30.3 Å². The van der Waals surface area contributed by atoms with Crippen LogP contribution in [0.4, 0.5) is 5.69 Å². The molecule has 0 spiro atoms. The highest BCUT2D eigenvalue weighted by molar-refractivity contribution is 7.80. The first-order valence-corrected chi connectivity index (χ1v) is 6.13. The number of benzene rings is 2. The Morgan fingerprint density at radius 1 is 1.05 bits per heavy atom. The number of anilines is 1. The van der Waals surface area contributed by atoms with Gasteiger partial charge in [-0.25, -0.2) is 0 Å². The Kier molecular flexibility index (Phi) is 4.05. The number of rotatable bonds is 2. The minimum atomic E-state index is -0.297. The lowest BCUT2D eigenvalue weighted by atomic mass is 10.1. The van der Waals surface area contributed by atoms with E-state index in [1.807, 2.05) is 12.1 Å². The summed E-state index contributed by atoms with van der Waals surface area (Å²) in [6, 6.07) is 15.2. The molecule has 2 aromatic carbocycles. The number of hydrogen-bond donors (Lipinski definition) is 2. The molecular formula is C15H9N3OS. The molecular weight excluding hydrogens is 270 g/mol. The molecule has 1 N–H and O–H groups in total. The van der Waals surface area contributed by atoms with Crippen LogP contribution < -0.4 is 5.32 Å². The number of hydrogen-bond acceptors (Lipinski definition) is 4. The third-order valence-electron chi connectivity index (χ3n) is 2.63. The first kappa shape index (κ1) is 13.7. The van der Waals surface area contributed by atoms with Crippen LogP contribution in [0.25, 0.3) is 0 Å². The molecule has 0 radical (unpaired) electrons. The van der Waals surface area contributed by atoms with Gasteiger partial charge in [-0.05, 0) is 36.4 Å². The van der Waals surface area contributed by atoms with Crippen molar-refractivity contribution in [3.05, 3.63) is 59.2 Å². The molecule has 0 fully saturated rings. The van der Waals surface area contributed by atoms with Crippen LogP contribution in [0.15, 0.2) is 47.4 Å². The molecule has 1 amide bonds. The summed E-state index contributed by atoms with van der Waals surface area (Å²) in [7, 11) is 0. The van der Waals surface area contributed by atoms with Crippen molar-refractivity contribution in [1.82, 2.24) is 0 Å². The summed E-state index contributed by atoms with van der Waals surface area (Å²) in [6.07, 6.45) is 0. The number of nitrogens with one attached hydrogen (secondary N) is 1. The molecule has 0 unspecified atom stereocenters. The van der Waals surface area contributed by atoms with Gasteiger partial charge in [-0.1, -0.05) is 6.07 Å². The average Bonchev–Trinajstić information content (AvgIpc) is 2.47. The van der Waals surface area contributed by atoms with Crippen LogP contribution in [0.5, 0.6) is 0 Å². The Bertz CT molecular complexity index is 756. The summed E-state index contributed by atoms with van der Waals surface area (Å²) in [4.78, 5) is 12.7. The number of thiol groups is 1. The topological polar surface area (TPSA) is 76.7 Å². The van der Waals surface area contributed by atoms with Crippen LogP contribution >= 0.6 is 12.6 Å². The number of carbonyl (C=O) groups excluding carboxylic acids is 1. The van der Waals surface area contributed by atoms with Crippen molar-refractivity contribution in [2.75, 3.05) is 5.32 Å². The molecule has 0 aliphatic heterocycles. The maximum Gasteiger partial charge on any atom is 0.255 e. The second kappa shape index (κ2) is 5.92. The number of nitriles is 2. The molecule has 4 nitrogen and oxygen atoms in total. The minimum Gasteiger partial charge on any atom is -0.322 e. The van der Waals surface area contributed by atoms with Gasteiger partial charge in [0.15, 0.2) is 0 Å². The van der Waals surface area contributed by atoms with Crippen LogP contribution in [0, 0.1) is 22.7 Å². The van der Waals surface area contributed by atoms with Crippen molar-refractivity contribution in [2.45, 2.75) is 4.90 Å². The lowest BCUT2D eigenvalue weighted by Crippen LogP contribution is -2.12. The van der Waals surface area contributed by atoms with Gasteiger partial charge in [0.25, 0.3) is 5.91 Å². The smallest absolute Gasteiger partial charge is 0.255 e. The predicted octanol–water partition coefficient (Wildman–Crippen LogP) is 2.97. The largest absolute Gasteiger partial charge is 0.322 e. The van der Waals surface area contributed by atoms with E-state index < -0.39 is 0 Å². The lowest BCUT2D eigenvalue weighted by molar-refractivity contribution is 0.102. The molecule has 0 aliphatic carbocycles. The van der Waals surface area contributed by atoms with E-state index in [0.29, 0.717) is 16.1 Å². The van der Waals surface area contributed by atoms with Gasteiger partial charge in [-0.2, -0.15) is 10.5 Å². The Labute approximate surface area is 121 Å². The highest BCUT2D eigenvalue weighted by atomic mass is 32.1. The molecule has 96 valence electrons. The van der Waals surface area contributed by atoms with Crippen molar-refractivity contribution >= 4 is 24.2 Å². The third-order valence-corrected chi connectivity index (χ3v) is 2.90. The zero-order chi connectivity index (χ0) is 14.5. The second-order valence-corrected chi connectivity index (χ2v) is 4.50. The van der Waals surface area contributed by atoms with Crippen LogP contribution in [-0.2, 0) is 0 Å². The molecule has 0 saturated heterocycles. The first-order chi connectivity index (χ1) is 9.63. The summed E-state index contributed by atoms with van der Waals surface area (Å²) >= 11 is 4.17.